The van der Waals surface area contributed by atoms with Gasteiger partial charge >= 0.3 is 0 Å². The first-order chi connectivity index (χ1) is 10.6. The lowest BCUT2D eigenvalue weighted by Crippen LogP contribution is -2.40. The van der Waals surface area contributed by atoms with Crippen molar-refractivity contribution in [3.05, 3.63) is 18.0 Å². The summed E-state index contributed by atoms with van der Waals surface area (Å²) in [6.45, 7) is 2.21. The molecule has 0 aromatic carbocycles. The maximum Gasteiger partial charge on any atom is 0.299 e. The topological polar surface area (TPSA) is 46.3 Å². The van der Waals surface area contributed by atoms with E-state index in [9.17, 15) is 8.78 Å². The smallest absolute Gasteiger partial charge is 0.299 e. The Kier molecular flexibility index (Phi) is 4.22. The standard InChI is InChI=1S/C15H21F2N5/c1-3-10-6-4-5-7-11(10)21(2)13-9-8-12-18-19-15(14(16)17)22(12)20-13/h8-11,14H,3-7H2,1-2H3. The van der Waals surface area contributed by atoms with Crippen LogP contribution in [0.25, 0.3) is 5.65 Å². The van der Waals surface area contributed by atoms with Crippen molar-refractivity contribution in [1.82, 2.24) is 19.8 Å². The number of nitrogens with zero attached hydrogens (tertiary/aromatic N) is 5. The third kappa shape index (κ3) is 2.64. The molecule has 2 unspecified atom stereocenters. The molecule has 0 bridgehead atoms. The van der Waals surface area contributed by atoms with Crippen LogP contribution in [0.2, 0.25) is 0 Å². The molecule has 5 nitrogen and oxygen atoms in total. The van der Waals surface area contributed by atoms with Crippen LogP contribution in [0.4, 0.5) is 14.6 Å². The van der Waals surface area contributed by atoms with Crippen LogP contribution in [0, 0.1) is 5.92 Å². The third-order valence-corrected chi connectivity index (χ3v) is 4.72. The van der Waals surface area contributed by atoms with Gasteiger partial charge in [0.25, 0.3) is 6.43 Å². The van der Waals surface area contributed by atoms with Crippen LogP contribution in [0.5, 0.6) is 0 Å². The van der Waals surface area contributed by atoms with Gasteiger partial charge in [0.15, 0.2) is 5.65 Å². The minimum absolute atomic E-state index is 0.350. The minimum Gasteiger partial charge on any atom is -0.355 e. The van der Waals surface area contributed by atoms with Crippen molar-refractivity contribution in [1.29, 1.82) is 0 Å². The molecule has 22 heavy (non-hydrogen) atoms. The van der Waals surface area contributed by atoms with Gasteiger partial charge in [-0.2, -0.15) is 4.52 Å². The molecule has 0 radical (unpaired) electrons. The van der Waals surface area contributed by atoms with Gasteiger partial charge in [-0.1, -0.05) is 26.2 Å². The van der Waals surface area contributed by atoms with Crippen LogP contribution >= 0.6 is 0 Å². The third-order valence-electron chi connectivity index (χ3n) is 4.72. The van der Waals surface area contributed by atoms with Crippen LogP contribution in [0.15, 0.2) is 12.1 Å². The van der Waals surface area contributed by atoms with E-state index in [4.69, 9.17) is 0 Å². The lowest BCUT2D eigenvalue weighted by atomic mass is 9.82. The molecule has 120 valence electrons. The molecule has 7 heteroatoms. The van der Waals surface area contributed by atoms with Crippen molar-refractivity contribution in [3.8, 4) is 0 Å². The Balaban J connectivity index is 1.93. The van der Waals surface area contributed by atoms with E-state index in [1.807, 2.05) is 13.1 Å². The second-order valence-electron chi connectivity index (χ2n) is 5.95. The van der Waals surface area contributed by atoms with Gasteiger partial charge in [0.1, 0.15) is 5.82 Å². The van der Waals surface area contributed by atoms with Gasteiger partial charge in [-0.15, -0.1) is 15.3 Å². The minimum atomic E-state index is -2.68. The van der Waals surface area contributed by atoms with Gasteiger partial charge in [0.2, 0.25) is 5.82 Å². The first-order valence-electron chi connectivity index (χ1n) is 7.85. The summed E-state index contributed by atoms with van der Waals surface area (Å²) in [7, 11) is 2.00. The van der Waals surface area contributed by atoms with E-state index in [2.05, 4.69) is 27.1 Å². The van der Waals surface area contributed by atoms with Crippen LogP contribution in [0.1, 0.15) is 51.3 Å². The average Bonchev–Trinajstić information content (AvgIpc) is 2.97. The first kappa shape index (κ1) is 15.1. The summed E-state index contributed by atoms with van der Waals surface area (Å²) in [5.74, 6) is 0.923. The van der Waals surface area contributed by atoms with E-state index in [1.54, 1.807) is 6.07 Å². The monoisotopic (exact) mass is 309 g/mol. The normalized spacial score (nSPS) is 22.4. The van der Waals surface area contributed by atoms with Crippen LogP contribution < -0.4 is 4.90 Å². The Morgan fingerprint density at radius 2 is 2.05 bits per heavy atom. The maximum absolute atomic E-state index is 13.0. The molecule has 1 aliphatic rings. The summed E-state index contributed by atoms with van der Waals surface area (Å²) >= 11 is 0. The summed E-state index contributed by atoms with van der Waals surface area (Å²) < 4.78 is 27.1. The van der Waals surface area contributed by atoms with Crippen LogP contribution in [0.3, 0.4) is 0 Å². The average molecular weight is 309 g/mol. The molecule has 2 heterocycles. The highest BCUT2D eigenvalue weighted by molar-refractivity contribution is 5.46. The van der Waals surface area contributed by atoms with E-state index in [1.165, 1.54) is 19.3 Å². The van der Waals surface area contributed by atoms with Gasteiger partial charge in [0, 0.05) is 13.1 Å². The van der Waals surface area contributed by atoms with Gasteiger partial charge in [-0.25, -0.2) is 8.78 Å². The van der Waals surface area contributed by atoms with Crippen LogP contribution in [-0.4, -0.2) is 32.9 Å². The molecular weight excluding hydrogens is 288 g/mol. The lowest BCUT2D eigenvalue weighted by molar-refractivity contribution is 0.137. The molecule has 1 fully saturated rings. The lowest BCUT2D eigenvalue weighted by Gasteiger charge is -2.38. The zero-order valence-corrected chi connectivity index (χ0v) is 12.9. The molecule has 0 saturated heterocycles. The highest BCUT2D eigenvalue weighted by Crippen LogP contribution is 2.32. The predicted molar refractivity (Wildman–Crippen MR) is 80.2 cm³/mol. The first-order valence-corrected chi connectivity index (χ1v) is 7.85. The Bertz CT molecular complexity index is 642. The number of fused-ring (bicyclic) bond motifs is 1. The molecule has 3 rings (SSSR count). The molecule has 1 saturated carbocycles. The number of rotatable bonds is 4. The summed E-state index contributed by atoms with van der Waals surface area (Å²) in [5.41, 5.74) is 0.350. The number of aromatic nitrogens is 4. The van der Waals surface area contributed by atoms with Crippen LogP contribution in [-0.2, 0) is 0 Å². The van der Waals surface area contributed by atoms with Crippen molar-refractivity contribution in [2.45, 2.75) is 51.5 Å². The zero-order chi connectivity index (χ0) is 15.7. The molecule has 0 N–H and O–H groups in total. The van der Waals surface area contributed by atoms with Gasteiger partial charge in [-0.3, -0.25) is 0 Å². The highest BCUT2D eigenvalue weighted by Gasteiger charge is 2.28. The Labute approximate surface area is 128 Å². The largest absolute Gasteiger partial charge is 0.355 e. The SMILES string of the molecule is CCC1CCCCC1N(C)c1ccc2nnc(C(F)F)n2n1. The molecule has 0 amide bonds. The van der Waals surface area contributed by atoms with Gasteiger partial charge < -0.3 is 4.90 Å². The molecule has 0 spiro atoms. The summed E-state index contributed by atoms with van der Waals surface area (Å²) in [6.07, 6.45) is 3.29. The molecule has 2 aromatic heterocycles. The van der Waals surface area contributed by atoms with E-state index in [-0.39, 0.29) is 0 Å². The Hall–Kier alpha value is -1.79. The van der Waals surface area contributed by atoms with Crippen molar-refractivity contribution in [2.75, 3.05) is 11.9 Å². The van der Waals surface area contributed by atoms with E-state index >= 15 is 0 Å². The Morgan fingerprint density at radius 1 is 1.27 bits per heavy atom. The van der Waals surface area contributed by atoms with Gasteiger partial charge in [0.05, 0.1) is 0 Å². The fourth-order valence-electron chi connectivity index (χ4n) is 3.46. The van der Waals surface area contributed by atoms with E-state index in [0.717, 1.165) is 17.4 Å². The van der Waals surface area contributed by atoms with E-state index < -0.39 is 12.2 Å². The molecular formula is C15H21F2N5. The van der Waals surface area contributed by atoms with Crippen molar-refractivity contribution < 1.29 is 8.78 Å². The number of halogens is 2. The molecule has 0 aliphatic heterocycles. The second-order valence-corrected chi connectivity index (χ2v) is 5.95. The zero-order valence-electron chi connectivity index (χ0n) is 12.9. The molecule has 2 atom stereocenters. The number of alkyl halides is 2. The Morgan fingerprint density at radius 3 is 2.77 bits per heavy atom. The fraction of sp³-hybridized carbons (Fsp3) is 0.667. The van der Waals surface area contributed by atoms with Crippen molar-refractivity contribution >= 4 is 11.5 Å². The highest BCUT2D eigenvalue weighted by atomic mass is 19.3. The summed E-state index contributed by atoms with van der Waals surface area (Å²) in [5, 5.41) is 11.6. The maximum atomic E-state index is 13.0. The summed E-state index contributed by atoms with van der Waals surface area (Å²) in [4.78, 5) is 2.13. The quantitative estimate of drug-likeness (QED) is 0.867. The van der Waals surface area contributed by atoms with Crippen molar-refractivity contribution in [3.63, 3.8) is 0 Å². The molecule has 1 aliphatic carbocycles. The second kappa shape index (κ2) is 6.14. The number of hydrogen-bond donors (Lipinski definition) is 0. The van der Waals surface area contributed by atoms with Gasteiger partial charge in [-0.05, 0) is 30.9 Å². The van der Waals surface area contributed by atoms with E-state index in [0.29, 0.717) is 23.4 Å². The predicted octanol–water partition coefficient (Wildman–Crippen LogP) is 3.47. The number of anilines is 1. The fourth-order valence-corrected chi connectivity index (χ4v) is 3.46. The molecule has 2 aromatic rings. The summed E-state index contributed by atoms with van der Waals surface area (Å²) in [6, 6.07) is 3.94. The number of hydrogen-bond acceptors (Lipinski definition) is 4. The van der Waals surface area contributed by atoms with Crippen molar-refractivity contribution in [2.24, 2.45) is 5.92 Å².